The van der Waals surface area contributed by atoms with Crippen LogP contribution in [-0.2, 0) is 18.9 Å². The maximum atomic E-state index is 13.2. The average Bonchev–Trinajstić information content (AvgIpc) is 3.52. The lowest BCUT2D eigenvalue weighted by Gasteiger charge is -2.11. The van der Waals surface area contributed by atoms with Crippen molar-refractivity contribution in [3.8, 4) is 5.75 Å². The van der Waals surface area contributed by atoms with Crippen molar-refractivity contribution in [2.24, 2.45) is 0 Å². The Bertz CT molecular complexity index is 1420. The second-order valence-electron chi connectivity index (χ2n) is 7.51. The number of thiazole rings is 1. The fourth-order valence-electron chi connectivity index (χ4n) is 3.36. The number of fused-ring (bicyclic) bond motifs is 1. The van der Waals surface area contributed by atoms with Crippen LogP contribution >= 0.6 is 23.1 Å². The third kappa shape index (κ3) is 5.02. The number of thioether (sulfide) groups is 1. The van der Waals surface area contributed by atoms with E-state index in [4.69, 9.17) is 14.1 Å². The predicted octanol–water partition coefficient (Wildman–Crippen LogP) is 5.67. The van der Waals surface area contributed by atoms with Crippen molar-refractivity contribution in [1.29, 1.82) is 0 Å². The van der Waals surface area contributed by atoms with Crippen LogP contribution in [0.15, 0.2) is 86.7 Å². The van der Waals surface area contributed by atoms with Crippen LogP contribution in [0.2, 0.25) is 0 Å². The summed E-state index contributed by atoms with van der Waals surface area (Å²) < 4.78 is 13.0. The molecular formula is C25H21N3O3S2. The number of aryl methyl sites for hydroxylation is 1. The molecule has 0 amide bonds. The Hall–Kier alpha value is -3.36. The van der Waals surface area contributed by atoms with Gasteiger partial charge < -0.3 is 9.15 Å². The van der Waals surface area contributed by atoms with Gasteiger partial charge in [0.1, 0.15) is 23.1 Å². The first-order valence-electron chi connectivity index (χ1n) is 10.4. The van der Waals surface area contributed by atoms with Crippen molar-refractivity contribution in [1.82, 2.24) is 14.5 Å². The minimum atomic E-state index is -0.0787. The Labute approximate surface area is 198 Å². The van der Waals surface area contributed by atoms with Crippen LogP contribution in [0.25, 0.3) is 10.9 Å². The standard InChI is InChI=1S/C25H21N3O3S2/c1-17-8-10-19(11-9-17)31-14-23-26-18(15-32-23)16-33-25-27-22-7-3-2-6-21(22)24(29)28(25)13-20-5-4-12-30-20/h2-12,15H,13-14,16H2,1H3. The molecule has 2 aromatic carbocycles. The fourth-order valence-corrected chi connectivity index (χ4v) is 5.06. The number of benzene rings is 2. The molecule has 8 heteroatoms. The lowest BCUT2D eigenvalue weighted by Crippen LogP contribution is -2.23. The van der Waals surface area contributed by atoms with Gasteiger partial charge in [0, 0.05) is 11.1 Å². The van der Waals surface area contributed by atoms with Gasteiger partial charge in [0.15, 0.2) is 5.16 Å². The zero-order valence-corrected chi connectivity index (χ0v) is 19.6. The quantitative estimate of drug-likeness (QED) is 0.213. The zero-order valence-electron chi connectivity index (χ0n) is 17.9. The highest BCUT2D eigenvalue weighted by atomic mass is 32.2. The molecule has 0 N–H and O–H groups in total. The van der Waals surface area contributed by atoms with E-state index >= 15 is 0 Å². The summed E-state index contributed by atoms with van der Waals surface area (Å²) in [5, 5.41) is 4.17. The van der Waals surface area contributed by atoms with Crippen LogP contribution in [0.1, 0.15) is 22.0 Å². The van der Waals surface area contributed by atoms with E-state index in [2.05, 4.69) is 4.98 Å². The molecule has 5 rings (SSSR count). The monoisotopic (exact) mass is 475 g/mol. The van der Waals surface area contributed by atoms with Gasteiger partial charge in [-0.25, -0.2) is 9.97 Å². The Balaban J connectivity index is 1.33. The Kier molecular flexibility index (Phi) is 6.28. The molecule has 3 heterocycles. The minimum absolute atomic E-state index is 0.0787. The van der Waals surface area contributed by atoms with E-state index < -0.39 is 0 Å². The molecule has 3 aromatic heterocycles. The third-order valence-corrected chi connectivity index (χ3v) is 6.93. The number of hydrogen-bond donors (Lipinski definition) is 0. The lowest BCUT2D eigenvalue weighted by atomic mass is 10.2. The Morgan fingerprint density at radius 3 is 2.73 bits per heavy atom. The van der Waals surface area contributed by atoms with E-state index in [0.717, 1.165) is 16.5 Å². The topological polar surface area (TPSA) is 70.2 Å². The molecule has 33 heavy (non-hydrogen) atoms. The number of hydrogen-bond acceptors (Lipinski definition) is 7. The molecule has 0 fully saturated rings. The number of aromatic nitrogens is 3. The summed E-state index contributed by atoms with van der Waals surface area (Å²) in [5.41, 5.74) is 2.74. The van der Waals surface area contributed by atoms with E-state index in [1.54, 1.807) is 28.2 Å². The first kappa shape index (κ1) is 21.5. The second-order valence-corrected chi connectivity index (χ2v) is 9.39. The smallest absolute Gasteiger partial charge is 0.262 e. The van der Waals surface area contributed by atoms with Crippen molar-refractivity contribution in [2.75, 3.05) is 0 Å². The summed E-state index contributed by atoms with van der Waals surface area (Å²) in [7, 11) is 0. The van der Waals surface area contributed by atoms with Gasteiger partial charge in [-0.05, 0) is 43.3 Å². The van der Waals surface area contributed by atoms with Gasteiger partial charge in [-0.1, -0.05) is 41.6 Å². The van der Waals surface area contributed by atoms with Crippen molar-refractivity contribution in [3.63, 3.8) is 0 Å². The number of furan rings is 1. The summed E-state index contributed by atoms with van der Waals surface area (Å²) in [6.07, 6.45) is 1.61. The molecule has 6 nitrogen and oxygen atoms in total. The number of ether oxygens (including phenoxy) is 1. The molecule has 0 saturated heterocycles. The molecule has 0 spiro atoms. The largest absolute Gasteiger partial charge is 0.486 e. The van der Waals surface area contributed by atoms with Crippen LogP contribution in [0.4, 0.5) is 0 Å². The minimum Gasteiger partial charge on any atom is -0.486 e. The van der Waals surface area contributed by atoms with Gasteiger partial charge in [-0.15, -0.1) is 11.3 Å². The first-order valence-corrected chi connectivity index (χ1v) is 12.3. The first-order chi connectivity index (χ1) is 16.2. The summed E-state index contributed by atoms with van der Waals surface area (Å²) >= 11 is 3.06. The zero-order chi connectivity index (χ0) is 22.6. The van der Waals surface area contributed by atoms with Crippen LogP contribution in [0, 0.1) is 6.92 Å². The normalized spacial score (nSPS) is 11.2. The summed E-state index contributed by atoms with van der Waals surface area (Å²) in [4.78, 5) is 22.6. The maximum absolute atomic E-state index is 13.2. The van der Waals surface area contributed by atoms with E-state index in [0.29, 0.717) is 40.7 Å². The van der Waals surface area contributed by atoms with Crippen molar-refractivity contribution < 1.29 is 9.15 Å². The molecule has 0 aliphatic carbocycles. The van der Waals surface area contributed by atoms with Crippen molar-refractivity contribution >= 4 is 34.0 Å². The predicted molar refractivity (Wildman–Crippen MR) is 131 cm³/mol. The summed E-state index contributed by atoms with van der Waals surface area (Å²) in [6, 6.07) is 19.1. The van der Waals surface area contributed by atoms with Crippen molar-refractivity contribution in [3.05, 3.63) is 105 Å². The van der Waals surface area contributed by atoms with Crippen LogP contribution in [-0.4, -0.2) is 14.5 Å². The van der Waals surface area contributed by atoms with Gasteiger partial charge in [0.25, 0.3) is 5.56 Å². The number of rotatable bonds is 8. The Morgan fingerprint density at radius 2 is 1.91 bits per heavy atom. The molecule has 0 atom stereocenters. The van der Waals surface area contributed by atoms with Gasteiger partial charge in [-0.3, -0.25) is 9.36 Å². The highest BCUT2D eigenvalue weighted by molar-refractivity contribution is 7.98. The van der Waals surface area contributed by atoms with E-state index in [-0.39, 0.29) is 5.56 Å². The lowest BCUT2D eigenvalue weighted by molar-refractivity contribution is 0.305. The molecule has 0 unspecified atom stereocenters. The van der Waals surface area contributed by atoms with Crippen LogP contribution < -0.4 is 10.3 Å². The SMILES string of the molecule is Cc1ccc(OCc2nc(CSc3nc4ccccc4c(=O)n3Cc3ccco3)cs2)cc1. The van der Waals surface area contributed by atoms with Crippen LogP contribution in [0.5, 0.6) is 5.75 Å². The molecule has 0 radical (unpaired) electrons. The van der Waals surface area contributed by atoms with E-state index in [1.807, 2.05) is 66.9 Å². The highest BCUT2D eigenvalue weighted by Gasteiger charge is 2.14. The molecule has 0 aliphatic rings. The van der Waals surface area contributed by atoms with Gasteiger partial charge in [-0.2, -0.15) is 0 Å². The summed E-state index contributed by atoms with van der Waals surface area (Å²) in [6.45, 7) is 2.81. The average molecular weight is 476 g/mol. The van der Waals surface area contributed by atoms with Gasteiger partial charge >= 0.3 is 0 Å². The molecular weight excluding hydrogens is 454 g/mol. The summed E-state index contributed by atoms with van der Waals surface area (Å²) in [5.74, 6) is 2.14. The second kappa shape index (κ2) is 9.64. The third-order valence-electron chi connectivity index (χ3n) is 5.05. The Morgan fingerprint density at radius 1 is 1.06 bits per heavy atom. The van der Waals surface area contributed by atoms with E-state index in [1.165, 1.54) is 17.3 Å². The molecule has 0 bridgehead atoms. The fraction of sp³-hybridized carbons (Fsp3) is 0.160. The molecule has 0 saturated carbocycles. The van der Waals surface area contributed by atoms with Crippen molar-refractivity contribution in [2.45, 2.75) is 31.0 Å². The highest BCUT2D eigenvalue weighted by Crippen LogP contribution is 2.24. The number of nitrogens with zero attached hydrogens (tertiary/aromatic N) is 3. The van der Waals surface area contributed by atoms with Gasteiger partial charge in [0.05, 0.1) is 29.4 Å². The maximum Gasteiger partial charge on any atom is 0.262 e. The molecule has 5 aromatic rings. The molecule has 0 aliphatic heterocycles. The van der Waals surface area contributed by atoms with Crippen LogP contribution in [0.3, 0.4) is 0 Å². The van der Waals surface area contributed by atoms with E-state index in [9.17, 15) is 4.79 Å². The molecule has 166 valence electrons. The number of para-hydroxylation sites is 1. The van der Waals surface area contributed by atoms with Gasteiger partial charge in [0.2, 0.25) is 0 Å².